The number of carbonyl (C=O) groups excluding carboxylic acids is 2. The molecule has 1 saturated heterocycles. The number of nitrogens with zero attached hydrogens (tertiary/aromatic N) is 1. The normalized spacial score (nSPS) is 15.0. The molecule has 0 spiro atoms. The number of amides is 2. The predicted molar refractivity (Wildman–Crippen MR) is 93.4 cm³/mol. The summed E-state index contributed by atoms with van der Waals surface area (Å²) in [7, 11) is 0. The van der Waals surface area contributed by atoms with E-state index in [2.05, 4.69) is 5.32 Å². The maximum atomic E-state index is 12.1. The maximum Gasteiger partial charge on any atom is 0.247 e. The van der Waals surface area contributed by atoms with Crippen molar-refractivity contribution in [2.75, 3.05) is 19.6 Å². The standard InChI is InChI=1S/C17H15ClN2O2S/c18-14-4-2-1-3-13(14)15-7-5-12(23-15)6-8-17(22)20-10-9-19-16(21)11-20/h1-8H,9-11H2,(H,19,21)/b8-6+. The lowest BCUT2D eigenvalue weighted by Gasteiger charge is -2.25. The van der Waals surface area contributed by atoms with Crippen LogP contribution in [0.25, 0.3) is 16.5 Å². The smallest absolute Gasteiger partial charge is 0.247 e. The van der Waals surface area contributed by atoms with E-state index in [1.165, 1.54) is 11.0 Å². The highest BCUT2D eigenvalue weighted by Gasteiger charge is 2.19. The van der Waals surface area contributed by atoms with Gasteiger partial charge in [-0.15, -0.1) is 11.3 Å². The van der Waals surface area contributed by atoms with Crippen LogP contribution in [0.3, 0.4) is 0 Å². The maximum absolute atomic E-state index is 12.1. The molecule has 6 heteroatoms. The highest BCUT2D eigenvalue weighted by atomic mass is 35.5. The van der Waals surface area contributed by atoms with Crippen molar-refractivity contribution in [3.63, 3.8) is 0 Å². The molecule has 0 saturated carbocycles. The lowest BCUT2D eigenvalue weighted by atomic mass is 10.2. The van der Waals surface area contributed by atoms with Crippen LogP contribution in [0, 0.1) is 0 Å². The molecule has 1 aliphatic rings. The SMILES string of the molecule is O=C1CN(C(=O)/C=C/c2ccc(-c3ccccc3Cl)s2)CCN1. The summed E-state index contributed by atoms with van der Waals surface area (Å²) in [5.74, 6) is -0.261. The first-order valence-electron chi connectivity index (χ1n) is 7.22. The Labute approximate surface area is 143 Å². The summed E-state index contributed by atoms with van der Waals surface area (Å²) in [4.78, 5) is 27.0. The van der Waals surface area contributed by atoms with Crippen LogP contribution < -0.4 is 5.32 Å². The first kappa shape index (κ1) is 15.8. The van der Waals surface area contributed by atoms with Gasteiger partial charge in [0.15, 0.2) is 0 Å². The first-order chi connectivity index (χ1) is 11.1. The third-order valence-electron chi connectivity index (χ3n) is 3.51. The summed E-state index contributed by atoms with van der Waals surface area (Å²) in [6, 6.07) is 11.6. The molecule has 1 aliphatic heterocycles. The summed E-state index contributed by atoms with van der Waals surface area (Å²) >= 11 is 7.77. The Morgan fingerprint density at radius 3 is 2.87 bits per heavy atom. The number of nitrogens with one attached hydrogen (secondary N) is 1. The highest BCUT2D eigenvalue weighted by Crippen LogP contribution is 2.33. The monoisotopic (exact) mass is 346 g/mol. The fourth-order valence-corrected chi connectivity index (χ4v) is 3.58. The largest absolute Gasteiger partial charge is 0.353 e. The molecule has 118 valence electrons. The molecule has 0 aliphatic carbocycles. The number of halogens is 1. The minimum absolute atomic E-state index is 0.116. The van der Waals surface area contributed by atoms with E-state index in [0.717, 1.165) is 15.3 Å². The Kier molecular flexibility index (Phi) is 4.79. The average molecular weight is 347 g/mol. The third kappa shape index (κ3) is 3.81. The van der Waals surface area contributed by atoms with Gasteiger partial charge in [0.05, 0.1) is 6.54 Å². The van der Waals surface area contributed by atoms with Gasteiger partial charge in [0, 0.05) is 39.5 Å². The van der Waals surface area contributed by atoms with Gasteiger partial charge in [-0.3, -0.25) is 9.59 Å². The van der Waals surface area contributed by atoms with Crippen LogP contribution in [0.4, 0.5) is 0 Å². The molecule has 1 aromatic heterocycles. The highest BCUT2D eigenvalue weighted by molar-refractivity contribution is 7.16. The molecule has 0 unspecified atom stereocenters. The van der Waals surface area contributed by atoms with Gasteiger partial charge in [0.25, 0.3) is 0 Å². The van der Waals surface area contributed by atoms with Gasteiger partial charge in [-0.2, -0.15) is 0 Å². The van der Waals surface area contributed by atoms with E-state index in [1.807, 2.05) is 36.4 Å². The Morgan fingerprint density at radius 1 is 1.26 bits per heavy atom. The van der Waals surface area contributed by atoms with Crippen LogP contribution in [0.1, 0.15) is 4.88 Å². The fraction of sp³-hybridized carbons (Fsp3) is 0.176. The number of hydrogen-bond donors (Lipinski definition) is 1. The van der Waals surface area contributed by atoms with Gasteiger partial charge in [-0.25, -0.2) is 0 Å². The molecule has 1 aromatic carbocycles. The molecule has 23 heavy (non-hydrogen) atoms. The molecule has 3 rings (SSSR count). The van der Waals surface area contributed by atoms with Crippen molar-refractivity contribution in [2.45, 2.75) is 0 Å². The zero-order chi connectivity index (χ0) is 16.2. The van der Waals surface area contributed by atoms with E-state index in [1.54, 1.807) is 17.4 Å². The number of carbonyl (C=O) groups is 2. The van der Waals surface area contributed by atoms with Gasteiger partial charge >= 0.3 is 0 Å². The fourth-order valence-electron chi connectivity index (χ4n) is 2.33. The number of benzene rings is 1. The molecular weight excluding hydrogens is 332 g/mol. The van der Waals surface area contributed by atoms with Crippen LogP contribution in [0.15, 0.2) is 42.5 Å². The molecule has 0 bridgehead atoms. The van der Waals surface area contributed by atoms with Crippen molar-refractivity contribution >= 4 is 40.8 Å². The minimum Gasteiger partial charge on any atom is -0.353 e. The van der Waals surface area contributed by atoms with E-state index in [9.17, 15) is 9.59 Å². The van der Waals surface area contributed by atoms with Crippen molar-refractivity contribution in [1.29, 1.82) is 0 Å². The second-order valence-electron chi connectivity index (χ2n) is 5.12. The Balaban J connectivity index is 1.70. The quantitative estimate of drug-likeness (QED) is 0.868. The topological polar surface area (TPSA) is 49.4 Å². The van der Waals surface area contributed by atoms with Crippen molar-refractivity contribution in [2.24, 2.45) is 0 Å². The molecule has 1 N–H and O–H groups in total. The third-order valence-corrected chi connectivity index (χ3v) is 4.92. The second kappa shape index (κ2) is 6.98. The van der Waals surface area contributed by atoms with E-state index in [4.69, 9.17) is 11.6 Å². The van der Waals surface area contributed by atoms with Crippen LogP contribution in [0.5, 0.6) is 0 Å². The summed E-state index contributed by atoms with van der Waals surface area (Å²) in [5, 5.41) is 3.41. The molecular formula is C17H15ClN2O2S. The molecule has 0 radical (unpaired) electrons. The van der Waals surface area contributed by atoms with Gasteiger partial charge < -0.3 is 10.2 Å². The Morgan fingerprint density at radius 2 is 2.09 bits per heavy atom. The van der Waals surface area contributed by atoms with Crippen LogP contribution in [-0.2, 0) is 9.59 Å². The lowest BCUT2D eigenvalue weighted by Crippen LogP contribution is -2.49. The second-order valence-corrected chi connectivity index (χ2v) is 6.65. The number of hydrogen-bond acceptors (Lipinski definition) is 3. The van der Waals surface area contributed by atoms with Gasteiger partial charge in [0.1, 0.15) is 0 Å². The van der Waals surface area contributed by atoms with E-state index < -0.39 is 0 Å². The van der Waals surface area contributed by atoms with Crippen LogP contribution in [-0.4, -0.2) is 36.3 Å². The summed E-state index contributed by atoms with van der Waals surface area (Å²) in [6.07, 6.45) is 3.29. The lowest BCUT2D eigenvalue weighted by molar-refractivity contribution is -0.134. The minimum atomic E-state index is -0.146. The number of thiophene rings is 1. The predicted octanol–water partition coefficient (Wildman–Crippen LogP) is 3.04. The molecule has 1 fully saturated rings. The van der Waals surface area contributed by atoms with Gasteiger partial charge in [-0.05, 0) is 24.3 Å². The summed E-state index contributed by atoms with van der Waals surface area (Å²) in [5.41, 5.74) is 0.984. The Bertz CT molecular complexity index is 769. The first-order valence-corrected chi connectivity index (χ1v) is 8.41. The number of rotatable bonds is 3. The average Bonchev–Trinajstić information content (AvgIpc) is 3.02. The Hall–Kier alpha value is -2.11. The zero-order valence-electron chi connectivity index (χ0n) is 12.3. The summed E-state index contributed by atoms with van der Waals surface area (Å²) in [6.45, 7) is 1.18. The van der Waals surface area contributed by atoms with Crippen molar-refractivity contribution < 1.29 is 9.59 Å². The van der Waals surface area contributed by atoms with Crippen LogP contribution >= 0.6 is 22.9 Å². The van der Waals surface area contributed by atoms with E-state index >= 15 is 0 Å². The molecule has 0 atom stereocenters. The molecule has 2 heterocycles. The van der Waals surface area contributed by atoms with Crippen LogP contribution in [0.2, 0.25) is 5.02 Å². The van der Waals surface area contributed by atoms with E-state index in [0.29, 0.717) is 18.1 Å². The van der Waals surface area contributed by atoms with E-state index in [-0.39, 0.29) is 18.4 Å². The van der Waals surface area contributed by atoms with Gasteiger partial charge in [-0.1, -0.05) is 29.8 Å². The molecule has 2 aromatic rings. The van der Waals surface area contributed by atoms with Crippen molar-refractivity contribution in [1.82, 2.24) is 10.2 Å². The number of piperazine rings is 1. The van der Waals surface area contributed by atoms with Crippen molar-refractivity contribution in [3.8, 4) is 10.4 Å². The van der Waals surface area contributed by atoms with Crippen molar-refractivity contribution in [3.05, 3.63) is 52.4 Å². The molecule has 4 nitrogen and oxygen atoms in total. The zero-order valence-corrected chi connectivity index (χ0v) is 13.9. The van der Waals surface area contributed by atoms with Gasteiger partial charge in [0.2, 0.25) is 11.8 Å². The summed E-state index contributed by atoms with van der Waals surface area (Å²) < 4.78 is 0. The molecule has 2 amide bonds.